The molecule has 2 spiro atoms. The highest BCUT2D eigenvalue weighted by molar-refractivity contribution is 6.10. The first-order valence-corrected chi connectivity index (χ1v) is 18.6. The molecule has 8 heterocycles. The van der Waals surface area contributed by atoms with Crippen LogP contribution in [0, 0.1) is 23.7 Å². The van der Waals surface area contributed by atoms with E-state index in [1.807, 2.05) is 6.08 Å². The van der Waals surface area contributed by atoms with Crippen molar-refractivity contribution in [1.29, 1.82) is 0 Å². The third kappa shape index (κ3) is 2.73. The molecule has 2 aliphatic carbocycles. The van der Waals surface area contributed by atoms with E-state index in [2.05, 4.69) is 106 Å². The summed E-state index contributed by atoms with van der Waals surface area (Å²) in [6.07, 6.45) is 15.7. The van der Waals surface area contributed by atoms with Crippen LogP contribution in [-0.2, 0) is 20.4 Å². The predicted octanol–water partition coefficient (Wildman–Crippen LogP) is 5.51. The molecule has 48 heavy (non-hydrogen) atoms. The SMILES string of the molecule is C/C=C1\CN2[C@@H](C3=C[C@@H]4[C@@H]5N(C3=O)c3ccccc3[C@@]53CCN5C/C(=C\C)[C@@H]4C[C@H]53)C[C@]34c5ccccc5N5C(=O)C=C[C@H]([C@H]53)[C@H]1C[C@H]24. The van der Waals surface area contributed by atoms with Gasteiger partial charge in [-0.3, -0.25) is 19.4 Å². The van der Waals surface area contributed by atoms with Crippen LogP contribution < -0.4 is 9.80 Å². The van der Waals surface area contributed by atoms with Gasteiger partial charge in [0.1, 0.15) is 0 Å². The predicted molar refractivity (Wildman–Crippen MR) is 186 cm³/mol. The molecule has 0 aromatic heterocycles. The van der Waals surface area contributed by atoms with Crippen LogP contribution in [0.5, 0.6) is 0 Å². The highest BCUT2D eigenvalue weighted by Gasteiger charge is 2.73. The molecule has 11 atom stereocenters. The molecule has 4 bridgehead atoms. The van der Waals surface area contributed by atoms with Gasteiger partial charge in [0.15, 0.2) is 0 Å². The number of amides is 2. The van der Waals surface area contributed by atoms with Gasteiger partial charge in [-0.25, -0.2) is 0 Å². The Morgan fingerprint density at radius 2 is 1.44 bits per heavy atom. The first kappa shape index (κ1) is 27.1. The molecule has 242 valence electrons. The Balaban J connectivity index is 1.07. The lowest BCUT2D eigenvalue weighted by Crippen LogP contribution is -2.66. The van der Waals surface area contributed by atoms with E-state index >= 15 is 4.79 Å². The lowest BCUT2D eigenvalue weighted by molar-refractivity contribution is -0.118. The van der Waals surface area contributed by atoms with E-state index in [1.54, 1.807) is 5.57 Å². The van der Waals surface area contributed by atoms with Gasteiger partial charge in [-0.05, 0) is 87.2 Å². The van der Waals surface area contributed by atoms with Crippen molar-refractivity contribution in [2.24, 2.45) is 23.7 Å². The van der Waals surface area contributed by atoms with Crippen molar-refractivity contribution in [1.82, 2.24) is 9.80 Å². The molecule has 12 rings (SSSR count). The number of fused-ring (bicyclic) bond motifs is 8. The first-order valence-electron chi connectivity index (χ1n) is 18.6. The van der Waals surface area contributed by atoms with Crippen LogP contribution in [0.4, 0.5) is 11.4 Å². The van der Waals surface area contributed by atoms with E-state index in [9.17, 15) is 4.79 Å². The molecule has 0 unspecified atom stereocenters. The van der Waals surface area contributed by atoms with E-state index in [4.69, 9.17) is 0 Å². The zero-order valence-electron chi connectivity index (χ0n) is 27.8. The summed E-state index contributed by atoms with van der Waals surface area (Å²) in [4.78, 5) is 39.2. The molecule has 6 nitrogen and oxygen atoms in total. The van der Waals surface area contributed by atoms with Crippen LogP contribution in [0.15, 0.2) is 95.6 Å². The fraction of sp³-hybridized carbons (Fsp3) is 0.476. The van der Waals surface area contributed by atoms with Crippen LogP contribution in [0.25, 0.3) is 0 Å². The largest absolute Gasteiger partial charge is 0.304 e. The highest BCUT2D eigenvalue weighted by Crippen LogP contribution is 2.68. The Labute approximate surface area is 282 Å². The van der Waals surface area contributed by atoms with Crippen molar-refractivity contribution in [2.45, 2.75) is 80.6 Å². The summed E-state index contributed by atoms with van der Waals surface area (Å²) in [5.41, 5.74) is 8.92. The second-order valence-electron chi connectivity index (χ2n) is 16.6. The molecule has 2 amide bonds. The standard InChI is InChI=1S/C42H42N4O2/c1-3-23-21-43-16-15-41-30-9-5-8-12-33(30)46-39(41)28(27(23)18-35(41)43)17-29(40(46)48)34-20-42-31-10-6-7-11-32(31)45-37(47)14-13-25(38(42)45)26-19-36(42)44(34)22-24(26)4-2/h3-14,17,25-28,34-36,38-39H,15-16,18-22H2,1-2H3/b23-3+,24-4+/t25-,26-,27-,28-,34+,35-,36-,38-,39-,41+,42+/m0/s1. The van der Waals surface area contributed by atoms with E-state index in [0.717, 1.165) is 50.2 Å². The molecule has 6 fully saturated rings. The van der Waals surface area contributed by atoms with Crippen molar-refractivity contribution in [3.8, 4) is 0 Å². The molecular formula is C42H42N4O2. The van der Waals surface area contributed by atoms with Gasteiger partial charge >= 0.3 is 0 Å². The molecule has 6 heteroatoms. The van der Waals surface area contributed by atoms with Gasteiger partial charge in [-0.1, -0.05) is 71.8 Å². The minimum absolute atomic E-state index is 0.0143. The summed E-state index contributed by atoms with van der Waals surface area (Å²) in [5, 5.41) is 0. The van der Waals surface area contributed by atoms with Crippen LogP contribution in [0.3, 0.4) is 0 Å². The van der Waals surface area contributed by atoms with Gasteiger partial charge in [-0.15, -0.1) is 0 Å². The van der Waals surface area contributed by atoms with Gasteiger partial charge < -0.3 is 9.80 Å². The third-order valence-corrected chi connectivity index (χ3v) is 15.7. The molecule has 0 radical (unpaired) electrons. The average Bonchev–Trinajstić information content (AvgIpc) is 3.85. The Kier molecular flexibility index (Phi) is 4.91. The third-order valence-electron chi connectivity index (χ3n) is 15.7. The fourth-order valence-corrected chi connectivity index (χ4v) is 14.2. The van der Waals surface area contributed by atoms with Gasteiger partial charge in [0.2, 0.25) is 0 Å². The molecule has 0 N–H and O–H groups in total. The molecule has 4 saturated heterocycles. The summed E-state index contributed by atoms with van der Waals surface area (Å²) >= 11 is 0. The average molecular weight is 635 g/mol. The van der Waals surface area contributed by atoms with E-state index < -0.39 is 0 Å². The number of nitrogens with zero attached hydrogens (tertiary/aromatic N) is 4. The van der Waals surface area contributed by atoms with Gasteiger partial charge in [0.05, 0.1) is 12.1 Å². The normalized spacial score (nSPS) is 45.5. The lowest BCUT2D eigenvalue weighted by Gasteiger charge is -2.57. The van der Waals surface area contributed by atoms with Crippen molar-refractivity contribution in [3.05, 3.63) is 107 Å². The number of rotatable bonds is 1. The maximum atomic E-state index is 15.5. The van der Waals surface area contributed by atoms with Crippen LogP contribution in [0.2, 0.25) is 0 Å². The summed E-state index contributed by atoms with van der Waals surface area (Å²) < 4.78 is 0. The summed E-state index contributed by atoms with van der Waals surface area (Å²) in [5.74, 6) is 1.87. The van der Waals surface area contributed by atoms with Crippen LogP contribution in [-0.4, -0.2) is 71.5 Å². The van der Waals surface area contributed by atoms with Crippen molar-refractivity contribution in [2.75, 3.05) is 29.4 Å². The molecule has 2 aromatic rings. The van der Waals surface area contributed by atoms with E-state index in [-0.39, 0.29) is 40.8 Å². The highest BCUT2D eigenvalue weighted by atomic mass is 16.2. The number of allylic oxidation sites excluding steroid dienone is 2. The summed E-state index contributed by atoms with van der Waals surface area (Å²) in [6, 6.07) is 18.8. The minimum atomic E-state index is -0.187. The Bertz CT molecular complexity index is 2010. The summed E-state index contributed by atoms with van der Waals surface area (Å²) in [6.45, 7) is 7.52. The maximum absolute atomic E-state index is 15.5. The number of para-hydroxylation sites is 2. The molecule has 2 saturated carbocycles. The number of carbonyl (C=O) groups excluding carboxylic acids is 2. The number of anilines is 2. The molecule has 8 aliphatic heterocycles. The van der Waals surface area contributed by atoms with Gasteiger partial charge in [0.25, 0.3) is 11.8 Å². The maximum Gasteiger partial charge on any atom is 0.255 e. The number of hydrogen-bond donors (Lipinski definition) is 0. The molecule has 2 aromatic carbocycles. The smallest absolute Gasteiger partial charge is 0.255 e. The van der Waals surface area contributed by atoms with Gasteiger partial charge in [0, 0.05) is 70.8 Å². The number of hydrogen-bond acceptors (Lipinski definition) is 4. The topological polar surface area (TPSA) is 47.1 Å². The Morgan fingerprint density at radius 3 is 2.23 bits per heavy atom. The fourth-order valence-electron chi connectivity index (χ4n) is 14.2. The number of benzene rings is 2. The van der Waals surface area contributed by atoms with E-state index in [1.165, 1.54) is 28.8 Å². The van der Waals surface area contributed by atoms with Crippen LogP contribution >= 0.6 is 0 Å². The van der Waals surface area contributed by atoms with Crippen LogP contribution in [0.1, 0.15) is 50.7 Å². The van der Waals surface area contributed by atoms with Gasteiger partial charge in [-0.2, -0.15) is 0 Å². The zero-order valence-corrected chi connectivity index (χ0v) is 27.8. The van der Waals surface area contributed by atoms with Crippen molar-refractivity contribution >= 4 is 23.2 Å². The first-order chi connectivity index (χ1) is 23.5. The Hall–Kier alpha value is -3.74. The monoisotopic (exact) mass is 634 g/mol. The molecular weight excluding hydrogens is 592 g/mol. The zero-order chi connectivity index (χ0) is 31.8. The number of carbonyl (C=O) groups is 2. The molecule has 10 aliphatic rings. The van der Waals surface area contributed by atoms with Crippen molar-refractivity contribution < 1.29 is 9.59 Å². The number of piperidine rings is 2. The minimum Gasteiger partial charge on any atom is -0.304 e. The quantitative estimate of drug-likeness (QED) is 0.389. The lowest BCUT2D eigenvalue weighted by atomic mass is 9.54. The van der Waals surface area contributed by atoms with E-state index in [0.29, 0.717) is 35.8 Å². The second kappa shape index (κ2) is 8.70. The van der Waals surface area contributed by atoms with Crippen molar-refractivity contribution in [3.63, 3.8) is 0 Å². The second-order valence-corrected chi connectivity index (χ2v) is 16.6. The summed E-state index contributed by atoms with van der Waals surface area (Å²) in [7, 11) is 0. The Morgan fingerprint density at radius 1 is 0.771 bits per heavy atom.